The fourth-order valence-electron chi connectivity index (χ4n) is 2.20. The fourth-order valence-corrected chi connectivity index (χ4v) is 3.64. The Morgan fingerprint density at radius 1 is 1.08 bits per heavy atom. The lowest BCUT2D eigenvalue weighted by Gasteiger charge is -2.04. The van der Waals surface area contributed by atoms with Crippen molar-refractivity contribution in [2.75, 3.05) is 0 Å². The van der Waals surface area contributed by atoms with Crippen LogP contribution in [-0.4, -0.2) is 19.8 Å². The molecule has 0 saturated carbocycles. The summed E-state index contributed by atoms with van der Waals surface area (Å²) in [6, 6.07) is 12.9. The highest BCUT2D eigenvalue weighted by Gasteiger charge is 2.11. The summed E-state index contributed by atoms with van der Waals surface area (Å²) in [6.07, 6.45) is 1.62. The van der Waals surface area contributed by atoms with Crippen molar-refractivity contribution in [2.45, 2.75) is 10.9 Å². The van der Waals surface area contributed by atoms with Gasteiger partial charge in [-0.05, 0) is 42.0 Å². The number of aromatic nitrogens is 4. The van der Waals surface area contributed by atoms with E-state index in [0.717, 1.165) is 11.3 Å². The normalized spacial score (nSPS) is 11.2. The maximum absolute atomic E-state index is 6.21. The number of halogens is 2. The molecule has 3 heterocycles. The molecule has 4 aromatic rings. The maximum Gasteiger partial charge on any atom is 0.212 e. The number of nitrogens with zero attached hydrogens (tertiary/aromatic N) is 4. The molecule has 0 saturated heterocycles. The number of hydrogen-bond acceptors (Lipinski definition) is 5. The van der Waals surface area contributed by atoms with Gasteiger partial charge in [-0.2, -0.15) is 9.61 Å². The Bertz CT molecular complexity index is 1000. The van der Waals surface area contributed by atoms with E-state index in [1.807, 2.05) is 36.4 Å². The van der Waals surface area contributed by atoms with Crippen LogP contribution in [0.3, 0.4) is 0 Å². The van der Waals surface area contributed by atoms with Gasteiger partial charge in [0.1, 0.15) is 5.69 Å². The van der Waals surface area contributed by atoms with E-state index in [9.17, 15) is 0 Å². The minimum absolute atomic E-state index is 0.617. The van der Waals surface area contributed by atoms with Crippen LogP contribution in [0.15, 0.2) is 58.3 Å². The van der Waals surface area contributed by atoms with Crippen LogP contribution >= 0.6 is 35.0 Å². The van der Waals surface area contributed by atoms with E-state index >= 15 is 0 Å². The second-order valence-corrected chi connectivity index (χ2v) is 6.76. The third-order valence-electron chi connectivity index (χ3n) is 3.38. The van der Waals surface area contributed by atoms with E-state index in [1.54, 1.807) is 16.8 Å². The molecule has 0 fully saturated rings. The fraction of sp³-hybridized carbons (Fsp3) is 0.0625. The monoisotopic (exact) mass is 376 g/mol. The first-order valence-electron chi connectivity index (χ1n) is 7.04. The molecule has 4 rings (SSSR count). The van der Waals surface area contributed by atoms with Gasteiger partial charge in [-0.1, -0.05) is 41.0 Å². The van der Waals surface area contributed by atoms with Gasteiger partial charge in [-0.25, -0.2) is 0 Å². The molecule has 0 aliphatic rings. The van der Waals surface area contributed by atoms with Crippen LogP contribution in [0.25, 0.3) is 17.1 Å². The van der Waals surface area contributed by atoms with Crippen LogP contribution in [0.4, 0.5) is 0 Å². The molecule has 8 heteroatoms. The zero-order chi connectivity index (χ0) is 16.5. The molecule has 3 aromatic heterocycles. The van der Waals surface area contributed by atoms with Crippen molar-refractivity contribution in [1.29, 1.82) is 0 Å². The first-order valence-corrected chi connectivity index (χ1v) is 8.78. The van der Waals surface area contributed by atoms with Gasteiger partial charge in [0.05, 0.1) is 6.26 Å². The van der Waals surface area contributed by atoms with Gasteiger partial charge < -0.3 is 4.42 Å². The average Bonchev–Trinajstić information content (AvgIpc) is 3.23. The minimum atomic E-state index is 0.617. The molecule has 0 atom stereocenters. The Balaban J connectivity index is 1.63. The summed E-state index contributed by atoms with van der Waals surface area (Å²) >= 11 is 13.6. The Morgan fingerprint density at radius 3 is 2.79 bits per heavy atom. The zero-order valence-electron chi connectivity index (χ0n) is 12.2. The average molecular weight is 377 g/mol. The van der Waals surface area contributed by atoms with Gasteiger partial charge in [0.2, 0.25) is 5.16 Å². The summed E-state index contributed by atoms with van der Waals surface area (Å²) in [7, 11) is 0. The number of benzene rings is 1. The van der Waals surface area contributed by atoms with Gasteiger partial charge in [0.15, 0.2) is 11.4 Å². The van der Waals surface area contributed by atoms with Crippen LogP contribution in [0, 0.1) is 0 Å². The molecule has 1 aromatic carbocycles. The van der Waals surface area contributed by atoms with Crippen molar-refractivity contribution in [1.82, 2.24) is 19.8 Å². The third kappa shape index (κ3) is 3.00. The van der Waals surface area contributed by atoms with E-state index in [0.29, 0.717) is 32.4 Å². The quantitative estimate of drug-likeness (QED) is 0.470. The van der Waals surface area contributed by atoms with Crippen molar-refractivity contribution < 1.29 is 4.42 Å². The second kappa shape index (κ2) is 6.47. The molecule has 120 valence electrons. The zero-order valence-corrected chi connectivity index (χ0v) is 14.5. The third-order valence-corrected chi connectivity index (χ3v) is 4.93. The molecular weight excluding hydrogens is 367 g/mol. The van der Waals surface area contributed by atoms with Gasteiger partial charge in [-0.15, -0.1) is 10.2 Å². The number of thioether (sulfide) groups is 1. The molecule has 0 aliphatic carbocycles. The highest BCUT2D eigenvalue weighted by Crippen LogP contribution is 2.28. The molecular formula is C16H10Cl2N4OS. The van der Waals surface area contributed by atoms with Crippen LogP contribution in [0.5, 0.6) is 0 Å². The predicted molar refractivity (Wildman–Crippen MR) is 94.5 cm³/mol. The van der Waals surface area contributed by atoms with Gasteiger partial charge in [0, 0.05) is 15.8 Å². The topological polar surface area (TPSA) is 56.2 Å². The molecule has 0 N–H and O–H groups in total. The molecule has 0 radical (unpaired) electrons. The Kier molecular flexibility index (Phi) is 4.18. The van der Waals surface area contributed by atoms with Crippen LogP contribution in [-0.2, 0) is 5.75 Å². The smallest absolute Gasteiger partial charge is 0.212 e. The highest BCUT2D eigenvalue weighted by molar-refractivity contribution is 7.98. The summed E-state index contributed by atoms with van der Waals surface area (Å²) in [6.45, 7) is 0. The number of rotatable bonds is 4. The van der Waals surface area contributed by atoms with Crippen LogP contribution < -0.4 is 0 Å². The first-order chi connectivity index (χ1) is 11.7. The van der Waals surface area contributed by atoms with Crippen molar-refractivity contribution in [2.24, 2.45) is 0 Å². The molecule has 0 unspecified atom stereocenters. The lowest BCUT2D eigenvalue weighted by atomic mass is 10.2. The number of hydrogen-bond donors (Lipinski definition) is 0. The molecule has 0 spiro atoms. The Morgan fingerprint density at radius 2 is 2.00 bits per heavy atom. The van der Waals surface area contributed by atoms with E-state index in [1.165, 1.54) is 11.8 Å². The molecule has 0 bridgehead atoms. The van der Waals surface area contributed by atoms with Crippen molar-refractivity contribution >= 4 is 40.6 Å². The van der Waals surface area contributed by atoms with Gasteiger partial charge >= 0.3 is 0 Å². The molecule has 24 heavy (non-hydrogen) atoms. The lowest BCUT2D eigenvalue weighted by molar-refractivity contribution is 0.577. The van der Waals surface area contributed by atoms with Gasteiger partial charge in [0.25, 0.3) is 0 Å². The summed E-state index contributed by atoms with van der Waals surface area (Å²) in [5.41, 5.74) is 2.37. The maximum atomic E-state index is 6.21. The standard InChI is InChI=1S/C16H10Cl2N4OS/c17-11-4-3-10(12(18)8-11)9-24-16-20-19-15-6-5-13(21-22(15)16)14-2-1-7-23-14/h1-8H,9H2. The predicted octanol–water partition coefficient (Wildman–Crippen LogP) is 4.98. The van der Waals surface area contributed by atoms with Gasteiger partial charge in [-0.3, -0.25) is 0 Å². The Hall–Kier alpha value is -2.02. The van der Waals surface area contributed by atoms with Crippen molar-refractivity contribution in [3.8, 4) is 11.5 Å². The molecule has 0 aliphatic heterocycles. The number of fused-ring (bicyclic) bond motifs is 1. The van der Waals surface area contributed by atoms with Crippen LogP contribution in [0.2, 0.25) is 10.0 Å². The highest BCUT2D eigenvalue weighted by atomic mass is 35.5. The van der Waals surface area contributed by atoms with E-state index < -0.39 is 0 Å². The van der Waals surface area contributed by atoms with Crippen LogP contribution in [0.1, 0.15) is 5.56 Å². The van der Waals surface area contributed by atoms with E-state index in [4.69, 9.17) is 27.6 Å². The SMILES string of the molecule is Clc1ccc(CSc2nnc3ccc(-c4ccco4)nn23)c(Cl)c1. The lowest BCUT2D eigenvalue weighted by Crippen LogP contribution is -1.96. The minimum Gasteiger partial charge on any atom is -0.463 e. The first kappa shape index (κ1) is 15.5. The molecule has 0 amide bonds. The van der Waals surface area contributed by atoms with Crippen molar-refractivity contribution in [3.05, 3.63) is 64.3 Å². The van der Waals surface area contributed by atoms with Crippen molar-refractivity contribution in [3.63, 3.8) is 0 Å². The second-order valence-electron chi connectivity index (χ2n) is 4.97. The van der Waals surface area contributed by atoms with E-state index in [2.05, 4.69) is 15.3 Å². The van der Waals surface area contributed by atoms with E-state index in [-0.39, 0.29) is 0 Å². The summed E-state index contributed by atoms with van der Waals surface area (Å²) < 4.78 is 7.09. The molecule has 5 nitrogen and oxygen atoms in total. The summed E-state index contributed by atoms with van der Waals surface area (Å²) in [5.74, 6) is 1.34. The summed E-state index contributed by atoms with van der Waals surface area (Å²) in [5, 5.41) is 14.8. The number of furan rings is 1. The Labute approximate surface area is 151 Å². The largest absolute Gasteiger partial charge is 0.463 e. The summed E-state index contributed by atoms with van der Waals surface area (Å²) in [4.78, 5) is 0.